The average molecular weight is 489 g/mol. The molecule has 3 aromatic rings. The van der Waals surface area contributed by atoms with E-state index in [-0.39, 0.29) is 23.7 Å². The number of ether oxygens (including phenoxy) is 1. The maximum absolute atomic E-state index is 13.7. The molecule has 6 nitrogen and oxygen atoms in total. The zero-order valence-corrected chi connectivity index (χ0v) is 19.5. The molecular weight excluding hydrogens is 465 g/mol. The summed E-state index contributed by atoms with van der Waals surface area (Å²) in [5.74, 6) is -0.671. The first-order valence-corrected chi connectivity index (χ1v) is 11.5. The van der Waals surface area contributed by atoms with Crippen molar-refractivity contribution in [2.45, 2.75) is 32.4 Å². The Kier molecular flexibility index (Phi) is 8.12. The molecule has 1 N–H and O–H groups in total. The number of hydrogen-bond acceptors (Lipinski definition) is 6. The number of thiazole rings is 1. The van der Waals surface area contributed by atoms with Gasteiger partial charge < -0.3 is 15.0 Å². The lowest BCUT2D eigenvalue weighted by atomic mass is 10.1. The summed E-state index contributed by atoms with van der Waals surface area (Å²) in [4.78, 5) is 18.3. The van der Waals surface area contributed by atoms with Crippen LogP contribution >= 0.6 is 11.3 Å². The largest absolute Gasteiger partial charge is 0.493 e. The Morgan fingerprint density at radius 3 is 2.59 bits per heavy atom. The lowest BCUT2D eigenvalue weighted by Gasteiger charge is -2.20. The molecule has 0 unspecified atom stereocenters. The Morgan fingerprint density at radius 2 is 1.94 bits per heavy atom. The monoisotopic (exact) mass is 488 g/mol. The van der Waals surface area contributed by atoms with Gasteiger partial charge in [0.25, 0.3) is 5.91 Å². The van der Waals surface area contributed by atoms with Gasteiger partial charge in [-0.1, -0.05) is 19.8 Å². The molecule has 1 amide bonds. The molecule has 0 fully saturated rings. The first-order valence-electron chi connectivity index (χ1n) is 10.6. The summed E-state index contributed by atoms with van der Waals surface area (Å²) >= 11 is 1.13. The summed E-state index contributed by atoms with van der Waals surface area (Å²) in [5, 5.41) is 13.4. The highest BCUT2D eigenvalue weighted by Gasteiger charge is 2.35. The third-order valence-electron chi connectivity index (χ3n) is 4.94. The summed E-state index contributed by atoms with van der Waals surface area (Å²) in [6, 6.07) is 12.2. The fraction of sp³-hybridized carbons (Fsp3) is 0.292. The van der Waals surface area contributed by atoms with Crippen LogP contribution in [0.3, 0.4) is 0 Å². The molecule has 1 aromatic heterocycles. The first kappa shape index (κ1) is 25.1. The highest BCUT2D eigenvalue weighted by molar-refractivity contribution is 7.14. The summed E-state index contributed by atoms with van der Waals surface area (Å²) in [6.45, 7) is 2.22. The van der Waals surface area contributed by atoms with Crippen LogP contribution in [0.4, 0.5) is 29.7 Å². The van der Waals surface area contributed by atoms with E-state index in [0.717, 1.165) is 30.2 Å². The molecule has 178 valence electrons. The molecule has 0 radical (unpaired) electrons. The molecule has 0 aliphatic carbocycles. The second-order valence-corrected chi connectivity index (χ2v) is 8.29. The molecule has 0 atom stereocenters. The van der Waals surface area contributed by atoms with Crippen LogP contribution in [-0.2, 0) is 6.18 Å². The Balaban J connectivity index is 1.75. The van der Waals surface area contributed by atoms with Crippen molar-refractivity contribution in [3.63, 3.8) is 0 Å². The molecule has 0 saturated heterocycles. The molecule has 0 spiro atoms. The van der Waals surface area contributed by atoms with Crippen LogP contribution in [0.2, 0.25) is 0 Å². The van der Waals surface area contributed by atoms with Crippen molar-refractivity contribution in [1.82, 2.24) is 4.98 Å². The van der Waals surface area contributed by atoms with Gasteiger partial charge in [-0.2, -0.15) is 18.4 Å². The van der Waals surface area contributed by atoms with Crippen molar-refractivity contribution < 1.29 is 22.7 Å². The number of anilines is 3. The van der Waals surface area contributed by atoms with Gasteiger partial charge in [-0.3, -0.25) is 4.79 Å². The maximum Gasteiger partial charge on any atom is 0.420 e. The van der Waals surface area contributed by atoms with Gasteiger partial charge in [0.1, 0.15) is 11.4 Å². The van der Waals surface area contributed by atoms with Crippen molar-refractivity contribution >= 4 is 33.8 Å². The van der Waals surface area contributed by atoms with Crippen molar-refractivity contribution in [2.24, 2.45) is 0 Å². The van der Waals surface area contributed by atoms with E-state index in [9.17, 15) is 18.0 Å². The second kappa shape index (κ2) is 11.0. The van der Waals surface area contributed by atoms with Crippen LogP contribution < -0.4 is 15.0 Å². The fourth-order valence-corrected chi connectivity index (χ4v) is 3.86. The van der Waals surface area contributed by atoms with E-state index in [4.69, 9.17) is 10.00 Å². The van der Waals surface area contributed by atoms with Gasteiger partial charge in [0, 0.05) is 23.8 Å². The van der Waals surface area contributed by atoms with E-state index in [1.54, 1.807) is 31.3 Å². The smallest absolute Gasteiger partial charge is 0.420 e. The second-order valence-electron chi connectivity index (χ2n) is 7.45. The minimum atomic E-state index is -4.58. The summed E-state index contributed by atoms with van der Waals surface area (Å²) in [5.41, 5.74) is 0.496. The first-order chi connectivity index (χ1) is 16.2. The van der Waals surface area contributed by atoms with Crippen molar-refractivity contribution in [1.29, 1.82) is 5.26 Å². The number of halogens is 3. The normalized spacial score (nSPS) is 11.1. The minimum absolute atomic E-state index is 0.128. The number of nitrogens with zero attached hydrogens (tertiary/aromatic N) is 3. The third-order valence-corrected chi connectivity index (χ3v) is 5.86. The van der Waals surface area contributed by atoms with E-state index >= 15 is 0 Å². The number of benzene rings is 2. The molecule has 1 heterocycles. The van der Waals surface area contributed by atoms with Gasteiger partial charge in [0.2, 0.25) is 0 Å². The van der Waals surface area contributed by atoms with Gasteiger partial charge in [-0.25, -0.2) is 4.98 Å². The standard InChI is InChI=1S/C24H23F3N4O2S/c1-3-4-5-12-33-21-11-10-18(13-19(21)24(25,26)27)31(2)23-30-20(15-34-23)22(32)29-17-8-6-16(14-28)7-9-17/h6-11,13,15H,3-5,12H2,1-2H3,(H,29,32). The highest BCUT2D eigenvalue weighted by Crippen LogP contribution is 2.40. The quantitative estimate of drug-likeness (QED) is 0.342. The van der Waals surface area contributed by atoms with Gasteiger partial charge in [0.05, 0.1) is 23.8 Å². The summed E-state index contributed by atoms with van der Waals surface area (Å²) in [6.07, 6.45) is -2.07. The highest BCUT2D eigenvalue weighted by atomic mass is 32.1. The number of alkyl halides is 3. The third kappa shape index (κ3) is 6.26. The van der Waals surface area contributed by atoms with Gasteiger partial charge >= 0.3 is 6.18 Å². The molecular formula is C24H23F3N4O2S. The molecule has 0 aliphatic heterocycles. The van der Waals surface area contributed by atoms with Crippen molar-refractivity contribution in [2.75, 3.05) is 23.9 Å². The van der Waals surface area contributed by atoms with E-state index in [1.165, 1.54) is 22.4 Å². The predicted molar refractivity (Wildman–Crippen MR) is 126 cm³/mol. The predicted octanol–water partition coefficient (Wildman–Crippen LogP) is 6.62. The zero-order valence-electron chi connectivity index (χ0n) is 18.6. The molecule has 2 aromatic carbocycles. The van der Waals surface area contributed by atoms with Crippen LogP contribution in [0.25, 0.3) is 0 Å². The topological polar surface area (TPSA) is 78.2 Å². The fourth-order valence-electron chi connectivity index (χ4n) is 3.06. The Morgan fingerprint density at radius 1 is 1.21 bits per heavy atom. The van der Waals surface area contributed by atoms with Crippen molar-refractivity contribution in [3.05, 3.63) is 64.7 Å². The number of carbonyl (C=O) groups excluding carboxylic acids is 1. The maximum atomic E-state index is 13.7. The van der Waals surface area contributed by atoms with Crippen LogP contribution in [0.1, 0.15) is 47.8 Å². The van der Waals surface area contributed by atoms with E-state index in [1.807, 2.05) is 13.0 Å². The van der Waals surface area contributed by atoms with Crippen molar-refractivity contribution in [3.8, 4) is 11.8 Å². The Bertz CT molecular complexity index is 1170. The summed E-state index contributed by atoms with van der Waals surface area (Å²) < 4.78 is 46.3. The number of nitriles is 1. The number of unbranched alkanes of at least 4 members (excludes halogenated alkanes) is 2. The number of carbonyl (C=O) groups is 1. The number of hydrogen-bond donors (Lipinski definition) is 1. The molecule has 3 rings (SSSR count). The van der Waals surface area contributed by atoms with Gasteiger partial charge in [-0.15, -0.1) is 11.3 Å². The molecule has 0 saturated carbocycles. The van der Waals surface area contributed by atoms with Crippen LogP contribution in [0, 0.1) is 11.3 Å². The van der Waals surface area contributed by atoms with Crippen LogP contribution in [0.15, 0.2) is 47.8 Å². The number of rotatable bonds is 9. The Labute approximate surface area is 199 Å². The molecule has 10 heteroatoms. The molecule has 0 aliphatic rings. The summed E-state index contributed by atoms with van der Waals surface area (Å²) in [7, 11) is 1.58. The van der Waals surface area contributed by atoms with E-state index in [0.29, 0.717) is 22.8 Å². The molecule has 34 heavy (non-hydrogen) atoms. The Hall–Kier alpha value is -3.58. The van der Waals surface area contributed by atoms with Gasteiger partial charge in [-0.05, 0) is 48.9 Å². The van der Waals surface area contributed by atoms with E-state index in [2.05, 4.69) is 10.3 Å². The number of amides is 1. The average Bonchev–Trinajstić information content (AvgIpc) is 3.32. The van der Waals surface area contributed by atoms with E-state index < -0.39 is 17.6 Å². The number of aromatic nitrogens is 1. The minimum Gasteiger partial charge on any atom is -0.493 e. The molecule has 0 bridgehead atoms. The SMILES string of the molecule is CCCCCOc1ccc(N(C)c2nc(C(=O)Nc3ccc(C#N)cc3)cs2)cc1C(F)(F)F. The lowest BCUT2D eigenvalue weighted by Crippen LogP contribution is -2.15. The zero-order chi connectivity index (χ0) is 24.7. The van der Waals surface area contributed by atoms with Crippen LogP contribution in [-0.4, -0.2) is 24.5 Å². The number of nitrogens with one attached hydrogen (secondary N) is 1. The van der Waals surface area contributed by atoms with Crippen LogP contribution in [0.5, 0.6) is 5.75 Å². The van der Waals surface area contributed by atoms with Gasteiger partial charge in [0.15, 0.2) is 5.13 Å². The lowest BCUT2D eigenvalue weighted by molar-refractivity contribution is -0.138.